The van der Waals surface area contributed by atoms with Gasteiger partial charge >= 0.3 is 0 Å². The third-order valence-electron chi connectivity index (χ3n) is 6.00. The molecule has 3 aromatic rings. The van der Waals surface area contributed by atoms with Crippen LogP contribution >= 0.6 is 0 Å². The molecule has 0 aliphatic heterocycles. The molecule has 0 radical (unpaired) electrons. The van der Waals surface area contributed by atoms with E-state index in [0.29, 0.717) is 0 Å². The van der Waals surface area contributed by atoms with Crippen molar-refractivity contribution in [2.45, 2.75) is 25.7 Å². The Morgan fingerprint density at radius 2 is 0.923 bits per heavy atom. The van der Waals surface area contributed by atoms with E-state index in [2.05, 4.69) is 73.8 Å². The van der Waals surface area contributed by atoms with Crippen molar-refractivity contribution in [2.75, 3.05) is 0 Å². The SMILES string of the molecule is C=C(c1cccc(C(=C)c2ccc3c(c2)CC3)c1)c1ccc2c(c1)CC2. The summed E-state index contributed by atoms with van der Waals surface area (Å²) in [4.78, 5) is 0. The molecule has 0 aromatic heterocycles. The molecule has 0 N–H and O–H groups in total. The number of rotatable bonds is 4. The van der Waals surface area contributed by atoms with E-state index in [1.807, 2.05) is 0 Å². The van der Waals surface area contributed by atoms with Crippen LogP contribution in [0.1, 0.15) is 44.5 Å². The zero-order valence-corrected chi connectivity index (χ0v) is 15.0. The fourth-order valence-electron chi connectivity index (χ4n) is 3.99. The van der Waals surface area contributed by atoms with Gasteiger partial charge in [-0.2, -0.15) is 0 Å². The molecule has 3 aromatic carbocycles. The van der Waals surface area contributed by atoms with Crippen molar-refractivity contribution in [3.8, 4) is 0 Å². The van der Waals surface area contributed by atoms with Gasteiger partial charge in [0.15, 0.2) is 0 Å². The van der Waals surface area contributed by atoms with E-state index >= 15 is 0 Å². The minimum atomic E-state index is 1.09. The lowest BCUT2D eigenvalue weighted by atomic mass is 9.84. The molecular weight excluding hydrogens is 312 g/mol. The zero-order chi connectivity index (χ0) is 17.7. The number of benzene rings is 3. The standard InChI is InChI=1S/C26H22/c1-17(23-10-6-19-8-12-25(19)15-23)21-4-3-5-22(14-21)18(2)24-11-7-20-9-13-26(20)16-24/h3-7,10-11,14-16H,1-2,8-9,12-13H2. The first kappa shape index (κ1) is 15.4. The van der Waals surface area contributed by atoms with E-state index < -0.39 is 0 Å². The first-order valence-corrected chi connectivity index (χ1v) is 9.42. The van der Waals surface area contributed by atoms with Gasteiger partial charge in [0.25, 0.3) is 0 Å². The summed E-state index contributed by atoms with van der Waals surface area (Å²) in [5.41, 5.74) is 12.9. The van der Waals surface area contributed by atoms with Crippen molar-refractivity contribution < 1.29 is 0 Å². The van der Waals surface area contributed by atoms with Crippen LogP contribution in [0.4, 0.5) is 0 Å². The van der Waals surface area contributed by atoms with Crippen molar-refractivity contribution in [1.82, 2.24) is 0 Å². The van der Waals surface area contributed by atoms with Crippen LogP contribution in [-0.4, -0.2) is 0 Å². The molecular formula is C26H22. The van der Waals surface area contributed by atoms with E-state index in [9.17, 15) is 0 Å². The molecule has 2 aliphatic carbocycles. The third kappa shape index (κ3) is 2.45. The summed E-state index contributed by atoms with van der Waals surface area (Å²) < 4.78 is 0. The summed E-state index contributed by atoms with van der Waals surface area (Å²) in [6.07, 6.45) is 4.84. The molecule has 26 heavy (non-hydrogen) atoms. The fraction of sp³-hybridized carbons (Fsp3) is 0.154. The predicted octanol–water partition coefficient (Wildman–Crippen LogP) is 6.01. The molecule has 0 fully saturated rings. The Balaban J connectivity index is 1.46. The van der Waals surface area contributed by atoms with Crippen LogP contribution in [0.3, 0.4) is 0 Å². The molecule has 0 saturated carbocycles. The third-order valence-corrected chi connectivity index (χ3v) is 6.00. The van der Waals surface area contributed by atoms with E-state index in [-0.39, 0.29) is 0 Å². The number of aryl methyl sites for hydroxylation is 4. The maximum atomic E-state index is 4.37. The molecule has 0 heteroatoms. The highest BCUT2D eigenvalue weighted by Gasteiger charge is 2.16. The number of fused-ring (bicyclic) bond motifs is 2. The topological polar surface area (TPSA) is 0 Å². The monoisotopic (exact) mass is 334 g/mol. The molecule has 0 atom stereocenters. The van der Waals surface area contributed by atoms with Crippen molar-refractivity contribution in [3.05, 3.63) is 118 Å². The largest absolute Gasteiger partial charge is 0.0906 e. The lowest BCUT2D eigenvalue weighted by molar-refractivity contribution is 0.838. The first-order chi connectivity index (χ1) is 12.7. The summed E-state index contributed by atoms with van der Waals surface area (Å²) in [7, 11) is 0. The second-order valence-corrected chi connectivity index (χ2v) is 7.50. The van der Waals surface area contributed by atoms with Gasteiger partial charge in [-0.15, -0.1) is 0 Å². The summed E-state index contributed by atoms with van der Waals surface area (Å²) in [6, 6.07) is 22.2. The molecule has 2 aliphatic rings. The molecule has 0 unspecified atom stereocenters. The van der Waals surface area contributed by atoms with Crippen molar-refractivity contribution in [1.29, 1.82) is 0 Å². The predicted molar refractivity (Wildman–Crippen MR) is 110 cm³/mol. The van der Waals surface area contributed by atoms with Gasteiger partial charge in [-0.1, -0.05) is 67.8 Å². The Morgan fingerprint density at radius 3 is 1.31 bits per heavy atom. The summed E-state index contributed by atoms with van der Waals surface area (Å²) in [5, 5.41) is 0. The highest BCUT2D eigenvalue weighted by Crippen LogP contribution is 2.32. The molecule has 0 heterocycles. The van der Waals surface area contributed by atoms with E-state index in [1.54, 1.807) is 0 Å². The van der Waals surface area contributed by atoms with Gasteiger partial charge < -0.3 is 0 Å². The van der Waals surface area contributed by atoms with Gasteiger partial charge in [-0.05, 0) is 87.4 Å². The molecule has 0 saturated heterocycles. The quantitative estimate of drug-likeness (QED) is 0.548. The van der Waals surface area contributed by atoms with E-state index in [4.69, 9.17) is 0 Å². The Labute approximate surface area is 155 Å². The Kier molecular flexibility index (Phi) is 3.46. The maximum absolute atomic E-state index is 4.37. The zero-order valence-electron chi connectivity index (χ0n) is 15.0. The Morgan fingerprint density at radius 1 is 0.500 bits per heavy atom. The van der Waals surface area contributed by atoms with E-state index in [0.717, 1.165) is 11.1 Å². The second-order valence-electron chi connectivity index (χ2n) is 7.50. The van der Waals surface area contributed by atoms with Crippen molar-refractivity contribution in [2.24, 2.45) is 0 Å². The van der Waals surface area contributed by atoms with Crippen LogP contribution in [0.2, 0.25) is 0 Å². The maximum Gasteiger partial charge on any atom is -0.0178 e. The molecule has 5 rings (SSSR count). The highest BCUT2D eigenvalue weighted by atomic mass is 14.2. The van der Waals surface area contributed by atoms with Crippen LogP contribution in [0.25, 0.3) is 11.1 Å². The molecule has 0 spiro atoms. The van der Waals surface area contributed by atoms with E-state index in [1.165, 1.54) is 70.2 Å². The fourth-order valence-corrected chi connectivity index (χ4v) is 3.99. The van der Waals surface area contributed by atoms with Crippen molar-refractivity contribution >= 4 is 11.1 Å². The smallest absolute Gasteiger partial charge is 0.0178 e. The van der Waals surface area contributed by atoms with Crippen LogP contribution in [-0.2, 0) is 25.7 Å². The summed E-state index contributed by atoms with van der Waals surface area (Å²) in [6.45, 7) is 8.74. The molecule has 0 nitrogen and oxygen atoms in total. The normalized spacial score (nSPS) is 13.8. The molecule has 0 amide bonds. The van der Waals surface area contributed by atoms with Gasteiger partial charge in [-0.25, -0.2) is 0 Å². The average Bonchev–Trinajstić information content (AvgIpc) is 2.63. The number of hydrogen-bond acceptors (Lipinski definition) is 0. The molecule has 126 valence electrons. The van der Waals surface area contributed by atoms with Crippen LogP contribution in [0, 0.1) is 0 Å². The van der Waals surface area contributed by atoms with Crippen LogP contribution < -0.4 is 0 Å². The Hall–Kier alpha value is -2.86. The first-order valence-electron chi connectivity index (χ1n) is 9.42. The van der Waals surface area contributed by atoms with Gasteiger partial charge in [0.1, 0.15) is 0 Å². The minimum absolute atomic E-state index is 1.09. The van der Waals surface area contributed by atoms with Gasteiger partial charge in [0, 0.05) is 0 Å². The van der Waals surface area contributed by atoms with Gasteiger partial charge in [-0.3, -0.25) is 0 Å². The van der Waals surface area contributed by atoms with Crippen LogP contribution in [0.5, 0.6) is 0 Å². The van der Waals surface area contributed by atoms with Crippen LogP contribution in [0.15, 0.2) is 73.8 Å². The minimum Gasteiger partial charge on any atom is -0.0906 e. The van der Waals surface area contributed by atoms with Crippen molar-refractivity contribution in [3.63, 3.8) is 0 Å². The van der Waals surface area contributed by atoms with Gasteiger partial charge in [0.05, 0.1) is 0 Å². The average molecular weight is 334 g/mol. The Bertz CT molecular complexity index is 982. The number of hydrogen-bond donors (Lipinski definition) is 0. The lowest BCUT2D eigenvalue weighted by Gasteiger charge is -2.21. The lowest BCUT2D eigenvalue weighted by Crippen LogP contribution is -2.08. The second kappa shape index (κ2) is 5.85. The van der Waals surface area contributed by atoms with Gasteiger partial charge in [0.2, 0.25) is 0 Å². The summed E-state index contributed by atoms with van der Waals surface area (Å²) >= 11 is 0. The summed E-state index contributed by atoms with van der Waals surface area (Å²) in [5.74, 6) is 0. The molecule has 0 bridgehead atoms. The highest BCUT2D eigenvalue weighted by molar-refractivity contribution is 5.84.